The molecular formula is C16H18N2O3. The topological polar surface area (TPSA) is 45.9 Å². The number of carbonyl (C=O) groups is 1. The molecule has 3 rings (SSSR count). The van der Waals surface area contributed by atoms with Gasteiger partial charge < -0.3 is 19.0 Å². The lowest BCUT2D eigenvalue weighted by molar-refractivity contribution is 0.0701. The summed E-state index contributed by atoms with van der Waals surface area (Å²) in [4.78, 5) is 16.2. The van der Waals surface area contributed by atoms with Crippen LogP contribution in [0.1, 0.15) is 16.1 Å². The van der Waals surface area contributed by atoms with E-state index in [1.54, 1.807) is 17.0 Å². The highest BCUT2D eigenvalue weighted by molar-refractivity contribution is 5.91. The maximum absolute atomic E-state index is 12.4. The zero-order valence-corrected chi connectivity index (χ0v) is 12.2. The zero-order valence-electron chi connectivity index (χ0n) is 12.2. The van der Waals surface area contributed by atoms with Gasteiger partial charge in [-0.2, -0.15) is 0 Å². The van der Waals surface area contributed by atoms with Crippen molar-refractivity contribution in [1.29, 1.82) is 0 Å². The number of fused-ring (bicyclic) bond motifs is 1. The second-order valence-electron chi connectivity index (χ2n) is 5.24. The van der Waals surface area contributed by atoms with Gasteiger partial charge in [0.15, 0.2) is 5.76 Å². The lowest BCUT2D eigenvalue weighted by Crippen LogP contribution is -2.32. The van der Waals surface area contributed by atoms with Crippen LogP contribution in [0.15, 0.2) is 41.0 Å². The summed E-state index contributed by atoms with van der Waals surface area (Å²) in [6.45, 7) is 1.56. The van der Waals surface area contributed by atoms with Crippen LogP contribution < -0.4 is 9.64 Å². The number of rotatable bonds is 2. The summed E-state index contributed by atoms with van der Waals surface area (Å²) in [7, 11) is 3.98. The average molecular weight is 286 g/mol. The molecule has 1 amide bonds. The molecule has 0 radical (unpaired) electrons. The van der Waals surface area contributed by atoms with Crippen molar-refractivity contribution < 1.29 is 13.9 Å². The second kappa shape index (κ2) is 5.52. The van der Waals surface area contributed by atoms with Crippen LogP contribution in [0.25, 0.3) is 0 Å². The molecule has 0 N–H and O–H groups in total. The fraction of sp³-hybridized carbons (Fsp3) is 0.312. The molecule has 1 aliphatic heterocycles. The van der Waals surface area contributed by atoms with Gasteiger partial charge in [0.2, 0.25) is 0 Å². The minimum atomic E-state index is -0.105. The molecule has 0 saturated heterocycles. The Hall–Kier alpha value is -2.43. The van der Waals surface area contributed by atoms with Gasteiger partial charge in [-0.3, -0.25) is 4.79 Å². The maximum atomic E-state index is 12.4. The number of hydrogen-bond acceptors (Lipinski definition) is 4. The summed E-state index contributed by atoms with van der Waals surface area (Å²) in [6.07, 6.45) is 1.51. The van der Waals surface area contributed by atoms with E-state index in [-0.39, 0.29) is 5.91 Å². The molecule has 0 aliphatic carbocycles. The highest BCUT2D eigenvalue weighted by Crippen LogP contribution is 2.28. The molecule has 110 valence electrons. The highest BCUT2D eigenvalue weighted by atomic mass is 16.5. The lowest BCUT2D eigenvalue weighted by atomic mass is 10.1. The van der Waals surface area contributed by atoms with Crippen LogP contribution in [0.4, 0.5) is 5.69 Å². The number of furan rings is 1. The molecule has 0 atom stereocenters. The Kier molecular flexibility index (Phi) is 3.56. The first-order valence-corrected chi connectivity index (χ1v) is 6.91. The molecule has 0 bridgehead atoms. The van der Waals surface area contributed by atoms with Gasteiger partial charge in [-0.15, -0.1) is 0 Å². The molecule has 5 heteroatoms. The zero-order chi connectivity index (χ0) is 14.8. The van der Waals surface area contributed by atoms with Crippen LogP contribution in [0.3, 0.4) is 0 Å². The highest BCUT2D eigenvalue weighted by Gasteiger charge is 2.23. The van der Waals surface area contributed by atoms with E-state index in [2.05, 4.69) is 6.07 Å². The summed E-state index contributed by atoms with van der Waals surface area (Å²) in [5.74, 6) is 1.10. The minimum Gasteiger partial charge on any atom is -0.491 e. The number of ether oxygens (including phenoxy) is 1. The quantitative estimate of drug-likeness (QED) is 0.850. The number of hydrogen-bond donors (Lipinski definition) is 0. The van der Waals surface area contributed by atoms with Crippen LogP contribution in [0.5, 0.6) is 5.75 Å². The largest absolute Gasteiger partial charge is 0.491 e. The first kappa shape index (κ1) is 13.5. The third-order valence-electron chi connectivity index (χ3n) is 3.56. The molecule has 0 unspecified atom stereocenters. The van der Waals surface area contributed by atoms with E-state index < -0.39 is 0 Å². The number of anilines is 1. The van der Waals surface area contributed by atoms with Crippen molar-refractivity contribution in [3.63, 3.8) is 0 Å². The summed E-state index contributed by atoms with van der Waals surface area (Å²) >= 11 is 0. The van der Waals surface area contributed by atoms with Crippen molar-refractivity contribution in [1.82, 2.24) is 4.90 Å². The number of amides is 1. The van der Waals surface area contributed by atoms with E-state index in [0.717, 1.165) is 17.0 Å². The van der Waals surface area contributed by atoms with Crippen LogP contribution in [-0.2, 0) is 6.54 Å². The molecule has 0 saturated carbocycles. The summed E-state index contributed by atoms with van der Waals surface area (Å²) in [5, 5.41) is 0. The fourth-order valence-electron chi connectivity index (χ4n) is 2.39. The van der Waals surface area contributed by atoms with Crippen molar-refractivity contribution in [2.45, 2.75) is 6.54 Å². The van der Waals surface area contributed by atoms with Gasteiger partial charge in [-0.05, 0) is 30.3 Å². The first-order valence-electron chi connectivity index (χ1n) is 6.91. The molecule has 2 aromatic rings. The van der Waals surface area contributed by atoms with Crippen LogP contribution in [-0.4, -0.2) is 38.1 Å². The molecule has 0 spiro atoms. The molecule has 1 aliphatic rings. The van der Waals surface area contributed by atoms with Gasteiger partial charge in [0.05, 0.1) is 12.8 Å². The standard InChI is InChI=1S/C16H18N2O3/c1-17(2)13-5-6-14-12(10-13)11-18(7-9-21-14)16(19)15-4-3-8-20-15/h3-6,8,10H,7,9,11H2,1-2H3. The summed E-state index contributed by atoms with van der Waals surface area (Å²) in [6, 6.07) is 9.45. The summed E-state index contributed by atoms with van der Waals surface area (Å²) < 4.78 is 10.9. The van der Waals surface area contributed by atoms with Crippen molar-refractivity contribution in [3.05, 3.63) is 47.9 Å². The molecule has 5 nitrogen and oxygen atoms in total. The van der Waals surface area contributed by atoms with Gasteiger partial charge in [0, 0.05) is 31.9 Å². The molecule has 21 heavy (non-hydrogen) atoms. The van der Waals surface area contributed by atoms with Gasteiger partial charge >= 0.3 is 0 Å². The van der Waals surface area contributed by atoms with Crippen molar-refractivity contribution in [2.24, 2.45) is 0 Å². The van der Waals surface area contributed by atoms with E-state index in [9.17, 15) is 4.79 Å². The normalized spacial score (nSPS) is 14.1. The number of nitrogens with zero attached hydrogens (tertiary/aromatic N) is 2. The van der Waals surface area contributed by atoms with Crippen LogP contribution >= 0.6 is 0 Å². The predicted molar refractivity (Wildman–Crippen MR) is 79.7 cm³/mol. The predicted octanol–water partition coefficient (Wildman–Crippen LogP) is 2.38. The van der Waals surface area contributed by atoms with E-state index >= 15 is 0 Å². The van der Waals surface area contributed by atoms with Gasteiger partial charge in [0.1, 0.15) is 12.4 Å². The lowest BCUT2D eigenvalue weighted by Gasteiger charge is -2.19. The van der Waals surface area contributed by atoms with E-state index in [1.165, 1.54) is 6.26 Å². The SMILES string of the molecule is CN(C)c1ccc2c(c1)CN(C(=O)c1ccco1)CCO2. The third kappa shape index (κ3) is 2.72. The van der Waals surface area contributed by atoms with Crippen molar-refractivity contribution in [3.8, 4) is 5.75 Å². The van der Waals surface area contributed by atoms with Gasteiger partial charge in [-0.25, -0.2) is 0 Å². The Labute approximate surface area is 123 Å². The summed E-state index contributed by atoms with van der Waals surface area (Å²) in [5.41, 5.74) is 2.10. The third-order valence-corrected chi connectivity index (χ3v) is 3.56. The minimum absolute atomic E-state index is 0.105. The molecule has 2 heterocycles. The number of carbonyl (C=O) groups excluding carboxylic acids is 1. The molecular weight excluding hydrogens is 268 g/mol. The Balaban J connectivity index is 1.87. The number of benzene rings is 1. The Bertz CT molecular complexity index is 635. The molecule has 1 aromatic heterocycles. The van der Waals surface area contributed by atoms with Crippen LogP contribution in [0.2, 0.25) is 0 Å². The van der Waals surface area contributed by atoms with E-state index in [1.807, 2.05) is 31.1 Å². The fourth-order valence-corrected chi connectivity index (χ4v) is 2.39. The Morgan fingerprint density at radius 2 is 2.14 bits per heavy atom. The van der Waals surface area contributed by atoms with Crippen LogP contribution in [0, 0.1) is 0 Å². The van der Waals surface area contributed by atoms with E-state index in [4.69, 9.17) is 9.15 Å². The first-order chi connectivity index (χ1) is 10.1. The molecule has 1 aromatic carbocycles. The smallest absolute Gasteiger partial charge is 0.289 e. The van der Waals surface area contributed by atoms with Crippen molar-refractivity contribution >= 4 is 11.6 Å². The molecule has 0 fully saturated rings. The monoisotopic (exact) mass is 286 g/mol. The van der Waals surface area contributed by atoms with E-state index in [0.29, 0.717) is 25.5 Å². The maximum Gasteiger partial charge on any atom is 0.289 e. The second-order valence-corrected chi connectivity index (χ2v) is 5.24. The van der Waals surface area contributed by atoms with Crippen molar-refractivity contribution in [2.75, 3.05) is 32.1 Å². The average Bonchev–Trinajstić information content (AvgIpc) is 2.92. The van der Waals surface area contributed by atoms with Gasteiger partial charge in [-0.1, -0.05) is 0 Å². The van der Waals surface area contributed by atoms with Gasteiger partial charge in [0.25, 0.3) is 5.91 Å². The Morgan fingerprint density at radius 3 is 2.86 bits per heavy atom. The Morgan fingerprint density at radius 1 is 1.29 bits per heavy atom.